The molecule has 1 atom stereocenters. The third kappa shape index (κ3) is 9.86. The van der Waals surface area contributed by atoms with Crippen LogP contribution in [-0.4, -0.2) is 52.2 Å². The van der Waals surface area contributed by atoms with Crippen LogP contribution in [0.2, 0.25) is 0 Å². The lowest BCUT2D eigenvalue weighted by Gasteiger charge is -2.22. The molecule has 0 spiro atoms. The van der Waals surface area contributed by atoms with E-state index in [2.05, 4.69) is 5.32 Å². The molecular formula is C11H22N2O5. The first kappa shape index (κ1) is 16.7. The molecule has 0 aromatic rings. The second-order valence-electron chi connectivity index (χ2n) is 5.12. The van der Waals surface area contributed by atoms with Gasteiger partial charge in [0.15, 0.2) is 0 Å². The van der Waals surface area contributed by atoms with Crippen molar-refractivity contribution in [2.45, 2.75) is 45.8 Å². The number of amides is 1. The summed E-state index contributed by atoms with van der Waals surface area (Å²) in [6, 6.07) is -0.219. The second-order valence-corrected chi connectivity index (χ2v) is 5.12. The van der Waals surface area contributed by atoms with Gasteiger partial charge in [0, 0.05) is 12.6 Å². The van der Waals surface area contributed by atoms with Crippen molar-refractivity contribution < 1.29 is 24.6 Å². The summed E-state index contributed by atoms with van der Waals surface area (Å²) in [5.74, 6) is -1.11. The van der Waals surface area contributed by atoms with Gasteiger partial charge in [0.05, 0.1) is 0 Å². The van der Waals surface area contributed by atoms with Crippen LogP contribution in [0.5, 0.6) is 0 Å². The maximum absolute atomic E-state index is 11.4. The summed E-state index contributed by atoms with van der Waals surface area (Å²) < 4.78 is 5.06. The van der Waals surface area contributed by atoms with E-state index in [1.165, 1.54) is 0 Å². The van der Waals surface area contributed by atoms with Crippen molar-refractivity contribution in [2.75, 3.05) is 13.1 Å². The Bertz CT molecular complexity index is 288. The number of carboxylic acid groups (broad SMARTS) is 1. The summed E-state index contributed by atoms with van der Waals surface area (Å²) in [6.45, 7) is 6.75. The zero-order chi connectivity index (χ0) is 14.3. The van der Waals surface area contributed by atoms with E-state index in [9.17, 15) is 14.8 Å². The monoisotopic (exact) mass is 262 g/mol. The standard InChI is InChI=1S/C11H22N2O5/c1-8(5-6-13(17)7-9(14)15)12-10(16)18-11(2,3)4/h8,17H,5-7H2,1-4H3,(H,12,16)(H,14,15). The summed E-state index contributed by atoms with van der Waals surface area (Å²) >= 11 is 0. The molecule has 0 aliphatic carbocycles. The molecule has 0 saturated carbocycles. The first-order valence-electron chi connectivity index (χ1n) is 5.75. The lowest BCUT2D eigenvalue weighted by molar-refractivity contribution is -0.153. The van der Waals surface area contributed by atoms with Crippen molar-refractivity contribution in [3.63, 3.8) is 0 Å². The molecule has 0 radical (unpaired) electrons. The molecule has 0 aliphatic heterocycles. The van der Waals surface area contributed by atoms with Crippen LogP contribution in [0.3, 0.4) is 0 Å². The Morgan fingerprint density at radius 1 is 1.39 bits per heavy atom. The molecule has 7 heteroatoms. The van der Waals surface area contributed by atoms with Gasteiger partial charge in [-0.3, -0.25) is 4.79 Å². The van der Waals surface area contributed by atoms with Crippen molar-refractivity contribution in [2.24, 2.45) is 0 Å². The SMILES string of the molecule is CC(CCN(O)CC(=O)O)NC(=O)OC(C)(C)C. The van der Waals surface area contributed by atoms with Crippen LogP contribution in [0.15, 0.2) is 0 Å². The van der Waals surface area contributed by atoms with Gasteiger partial charge in [0.25, 0.3) is 0 Å². The summed E-state index contributed by atoms with van der Waals surface area (Å²) in [4.78, 5) is 21.7. The molecule has 106 valence electrons. The van der Waals surface area contributed by atoms with E-state index in [0.717, 1.165) is 0 Å². The predicted octanol–water partition coefficient (Wildman–Crippen LogP) is 1.07. The summed E-state index contributed by atoms with van der Waals surface area (Å²) in [5.41, 5.74) is -0.559. The van der Waals surface area contributed by atoms with E-state index < -0.39 is 24.2 Å². The van der Waals surface area contributed by atoms with E-state index in [1.807, 2.05) is 0 Å². The molecule has 1 amide bonds. The molecule has 7 nitrogen and oxygen atoms in total. The quantitative estimate of drug-likeness (QED) is 0.619. The topological polar surface area (TPSA) is 99.1 Å². The van der Waals surface area contributed by atoms with Crippen molar-refractivity contribution in [3.05, 3.63) is 0 Å². The molecule has 1 unspecified atom stereocenters. The molecule has 0 aromatic carbocycles. The highest BCUT2D eigenvalue weighted by atomic mass is 16.6. The second kappa shape index (κ2) is 7.17. The Morgan fingerprint density at radius 2 is 1.94 bits per heavy atom. The number of alkyl carbamates (subject to hydrolysis) is 1. The third-order valence-corrected chi connectivity index (χ3v) is 1.90. The minimum absolute atomic E-state index is 0.156. The minimum Gasteiger partial charge on any atom is -0.480 e. The number of carbonyl (C=O) groups is 2. The van der Waals surface area contributed by atoms with Crippen LogP contribution in [0.1, 0.15) is 34.1 Å². The average Bonchev–Trinajstić information content (AvgIpc) is 2.10. The van der Waals surface area contributed by atoms with Gasteiger partial charge in [0.1, 0.15) is 12.1 Å². The Morgan fingerprint density at radius 3 is 2.39 bits per heavy atom. The Hall–Kier alpha value is -1.34. The lowest BCUT2D eigenvalue weighted by atomic mass is 10.2. The maximum Gasteiger partial charge on any atom is 0.407 e. The van der Waals surface area contributed by atoms with Crippen molar-refractivity contribution in [1.29, 1.82) is 0 Å². The van der Waals surface area contributed by atoms with Crippen molar-refractivity contribution in [1.82, 2.24) is 10.4 Å². The fraction of sp³-hybridized carbons (Fsp3) is 0.818. The van der Waals surface area contributed by atoms with Crippen molar-refractivity contribution >= 4 is 12.1 Å². The van der Waals surface area contributed by atoms with Crippen LogP contribution < -0.4 is 5.32 Å². The number of hydrogen-bond acceptors (Lipinski definition) is 5. The molecule has 0 aliphatic rings. The van der Waals surface area contributed by atoms with Crippen LogP contribution in [0, 0.1) is 0 Å². The highest BCUT2D eigenvalue weighted by Gasteiger charge is 2.18. The minimum atomic E-state index is -1.11. The van der Waals surface area contributed by atoms with E-state index in [1.54, 1.807) is 27.7 Å². The summed E-state index contributed by atoms with van der Waals surface area (Å²) in [6.07, 6.45) is -0.110. The van der Waals surface area contributed by atoms with E-state index in [-0.39, 0.29) is 12.6 Å². The molecule has 0 bridgehead atoms. The number of nitrogens with zero attached hydrogens (tertiary/aromatic N) is 1. The van der Waals surface area contributed by atoms with Crippen LogP contribution in [0.4, 0.5) is 4.79 Å². The first-order chi connectivity index (χ1) is 8.10. The number of aliphatic carboxylic acids is 1. The molecule has 0 aromatic heterocycles. The fourth-order valence-corrected chi connectivity index (χ4v) is 1.16. The number of rotatable bonds is 6. The fourth-order valence-electron chi connectivity index (χ4n) is 1.16. The van der Waals surface area contributed by atoms with Gasteiger partial charge in [-0.25, -0.2) is 4.79 Å². The molecule has 0 saturated heterocycles. The Labute approximate surface area is 107 Å². The number of nitrogens with one attached hydrogen (secondary N) is 1. The highest BCUT2D eigenvalue weighted by molar-refractivity contribution is 5.69. The van der Waals surface area contributed by atoms with Crippen LogP contribution >= 0.6 is 0 Å². The van der Waals surface area contributed by atoms with E-state index >= 15 is 0 Å². The first-order valence-corrected chi connectivity index (χ1v) is 5.75. The van der Waals surface area contributed by atoms with E-state index in [0.29, 0.717) is 11.5 Å². The van der Waals surface area contributed by atoms with Gasteiger partial charge in [-0.1, -0.05) is 0 Å². The molecule has 0 heterocycles. The number of hydroxylamine groups is 2. The zero-order valence-corrected chi connectivity index (χ0v) is 11.3. The van der Waals surface area contributed by atoms with Gasteiger partial charge >= 0.3 is 12.1 Å². The predicted molar refractivity (Wildman–Crippen MR) is 64.4 cm³/mol. The van der Waals surface area contributed by atoms with Gasteiger partial charge < -0.3 is 20.4 Å². The molecule has 0 rings (SSSR count). The number of hydrogen-bond donors (Lipinski definition) is 3. The Kier molecular flexibility index (Phi) is 6.64. The van der Waals surface area contributed by atoms with Gasteiger partial charge in [-0.2, -0.15) is 5.06 Å². The largest absolute Gasteiger partial charge is 0.480 e. The van der Waals surface area contributed by atoms with Gasteiger partial charge in [-0.05, 0) is 34.1 Å². The summed E-state index contributed by atoms with van der Waals surface area (Å²) in [7, 11) is 0. The molecule has 0 fully saturated rings. The summed E-state index contributed by atoms with van der Waals surface area (Å²) in [5, 5.41) is 20.9. The lowest BCUT2D eigenvalue weighted by Crippen LogP contribution is -2.39. The Balaban J connectivity index is 3.87. The number of ether oxygens (including phenoxy) is 1. The van der Waals surface area contributed by atoms with Crippen LogP contribution in [-0.2, 0) is 9.53 Å². The molecular weight excluding hydrogens is 240 g/mol. The van der Waals surface area contributed by atoms with Crippen LogP contribution in [0.25, 0.3) is 0 Å². The number of carboxylic acids is 1. The number of carbonyl (C=O) groups excluding carboxylic acids is 1. The van der Waals surface area contributed by atoms with E-state index in [4.69, 9.17) is 9.84 Å². The smallest absolute Gasteiger partial charge is 0.407 e. The van der Waals surface area contributed by atoms with Gasteiger partial charge in [-0.15, -0.1) is 0 Å². The maximum atomic E-state index is 11.4. The average molecular weight is 262 g/mol. The third-order valence-electron chi connectivity index (χ3n) is 1.90. The molecule has 3 N–H and O–H groups in total. The normalized spacial score (nSPS) is 13.2. The van der Waals surface area contributed by atoms with Gasteiger partial charge in [0.2, 0.25) is 0 Å². The van der Waals surface area contributed by atoms with Crippen molar-refractivity contribution in [3.8, 4) is 0 Å². The molecule has 18 heavy (non-hydrogen) atoms. The highest BCUT2D eigenvalue weighted by Crippen LogP contribution is 2.07. The zero-order valence-electron chi connectivity index (χ0n) is 11.3.